The molecule has 4 N–H and O–H groups in total. The molecule has 0 saturated heterocycles. The van der Waals surface area contributed by atoms with Crippen molar-refractivity contribution in [3.05, 3.63) is 24.3 Å². The fourth-order valence-corrected chi connectivity index (χ4v) is 2.48. The standard InChI is InChI=1S/C15H22N2O3/c16-12-6-2-4-8-14(12)20-10-15(19)17-9-11-5-1-3-7-13(11)18/h2,4,6,8,11,13,18H,1,3,5,7,9-10,16H2,(H,17,19). The normalized spacial score (nSPS) is 22.2. The van der Waals surface area contributed by atoms with E-state index < -0.39 is 0 Å². The van der Waals surface area contributed by atoms with Crippen LogP contribution < -0.4 is 15.8 Å². The number of nitrogen functional groups attached to an aromatic ring is 1. The molecule has 1 aromatic rings. The predicted octanol–water partition coefficient (Wildman–Crippen LogP) is 1.31. The number of nitrogens with two attached hydrogens (primary N) is 1. The third-order valence-corrected chi connectivity index (χ3v) is 3.71. The number of nitrogens with one attached hydrogen (secondary N) is 1. The molecule has 5 nitrogen and oxygen atoms in total. The summed E-state index contributed by atoms with van der Waals surface area (Å²) in [5.74, 6) is 0.487. The quantitative estimate of drug-likeness (QED) is 0.709. The Kier molecular flexibility index (Phi) is 5.24. The first-order valence-corrected chi connectivity index (χ1v) is 7.09. The molecular weight excluding hydrogens is 256 g/mol. The number of benzene rings is 1. The van der Waals surface area contributed by atoms with Gasteiger partial charge in [0.15, 0.2) is 6.61 Å². The van der Waals surface area contributed by atoms with E-state index in [0.717, 1.165) is 25.7 Å². The van der Waals surface area contributed by atoms with Gasteiger partial charge in [-0.25, -0.2) is 0 Å². The lowest BCUT2D eigenvalue weighted by Gasteiger charge is -2.27. The van der Waals surface area contributed by atoms with Crippen LogP contribution in [0.4, 0.5) is 5.69 Å². The highest BCUT2D eigenvalue weighted by molar-refractivity contribution is 5.77. The summed E-state index contributed by atoms with van der Waals surface area (Å²) in [6.45, 7) is 0.449. The fourth-order valence-electron chi connectivity index (χ4n) is 2.48. The summed E-state index contributed by atoms with van der Waals surface area (Å²) in [6.07, 6.45) is 3.69. The van der Waals surface area contributed by atoms with Crippen LogP contribution in [0.5, 0.6) is 5.75 Å². The Balaban J connectivity index is 1.71. The summed E-state index contributed by atoms with van der Waals surface area (Å²) in [5.41, 5.74) is 6.24. The molecular formula is C15H22N2O3. The lowest BCUT2D eigenvalue weighted by molar-refractivity contribution is -0.123. The van der Waals surface area contributed by atoms with Crippen LogP contribution >= 0.6 is 0 Å². The number of hydrogen-bond donors (Lipinski definition) is 3. The second-order valence-electron chi connectivity index (χ2n) is 5.24. The summed E-state index contributed by atoms with van der Waals surface area (Å²) < 4.78 is 5.37. The molecule has 0 heterocycles. The van der Waals surface area contributed by atoms with E-state index >= 15 is 0 Å². The summed E-state index contributed by atoms with van der Waals surface area (Å²) in [4.78, 5) is 11.7. The molecule has 0 aromatic heterocycles. The van der Waals surface area contributed by atoms with Gasteiger partial charge in [-0.1, -0.05) is 25.0 Å². The monoisotopic (exact) mass is 278 g/mol. The van der Waals surface area contributed by atoms with Gasteiger partial charge in [0.1, 0.15) is 5.75 Å². The summed E-state index contributed by atoms with van der Waals surface area (Å²) in [7, 11) is 0. The molecule has 1 aliphatic carbocycles. The topological polar surface area (TPSA) is 84.6 Å². The molecule has 110 valence electrons. The number of ether oxygens (including phenoxy) is 1. The Labute approximate surface area is 119 Å². The molecule has 2 atom stereocenters. The van der Waals surface area contributed by atoms with Crippen LogP contribution in [0.2, 0.25) is 0 Å². The smallest absolute Gasteiger partial charge is 0.257 e. The van der Waals surface area contributed by atoms with Crippen molar-refractivity contribution in [2.45, 2.75) is 31.8 Å². The van der Waals surface area contributed by atoms with Gasteiger partial charge in [-0.15, -0.1) is 0 Å². The zero-order chi connectivity index (χ0) is 14.4. The summed E-state index contributed by atoms with van der Waals surface area (Å²) in [6, 6.07) is 7.08. The van der Waals surface area contributed by atoms with E-state index in [9.17, 15) is 9.90 Å². The summed E-state index contributed by atoms with van der Waals surface area (Å²) >= 11 is 0. The molecule has 1 amide bonds. The van der Waals surface area contributed by atoms with Crippen LogP contribution in [0, 0.1) is 5.92 Å². The van der Waals surface area contributed by atoms with Crippen molar-refractivity contribution in [1.82, 2.24) is 5.32 Å². The number of anilines is 1. The SMILES string of the molecule is Nc1ccccc1OCC(=O)NCC1CCCCC1O. The number of amides is 1. The Hall–Kier alpha value is -1.75. The number of rotatable bonds is 5. The Morgan fingerprint density at radius 2 is 2.10 bits per heavy atom. The summed E-state index contributed by atoms with van der Waals surface area (Å²) in [5, 5.41) is 12.6. The molecule has 2 rings (SSSR count). The van der Waals surface area contributed by atoms with Gasteiger partial charge in [0, 0.05) is 12.5 Å². The molecule has 20 heavy (non-hydrogen) atoms. The van der Waals surface area contributed by atoms with E-state index in [-0.39, 0.29) is 24.5 Å². The number of para-hydroxylation sites is 2. The third kappa shape index (κ3) is 4.13. The zero-order valence-corrected chi connectivity index (χ0v) is 11.5. The lowest BCUT2D eigenvalue weighted by Crippen LogP contribution is -2.38. The molecule has 0 bridgehead atoms. The van der Waals surface area contributed by atoms with Crippen molar-refractivity contribution in [1.29, 1.82) is 0 Å². The second kappa shape index (κ2) is 7.14. The minimum absolute atomic E-state index is 0.0585. The van der Waals surface area contributed by atoms with Crippen LogP contribution in [0.25, 0.3) is 0 Å². The van der Waals surface area contributed by atoms with E-state index in [1.807, 2.05) is 12.1 Å². The molecule has 5 heteroatoms. The van der Waals surface area contributed by atoms with Gasteiger partial charge in [0.2, 0.25) is 0 Å². The van der Waals surface area contributed by atoms with Crippen molar-refractivity contribution in [3.63, 3.8) is 0 Å². The van der Waals surface area contributed by atoms with Gasteiger partial charge in [-0.3, -0.25) is 4.79 Å². The van der Waals surface area contributed by atoms with Crippen molar-refractivity contribution in [2.24, 2.45) is 5.92 Å². The highest BCUT2D eigenvalue weighted by Crippen LogP contribution is 2.23. The maximum atomic E-state index is 11.7. The Bertz CT molecular complexity index is 450. The van der Waals surface area contributed by atoms with Crippen LogP contribution in [0.3, 0.4) is 0 Å². The number of aliphatic hydroxyl groups is 1. The van der Waals surface area contributed by atoms with Gasteiger partial charge in [0.05, 0.1) is 11.8 Å². The van der Waals surface area contributed by atoms with Gasteiger partial charge in [-0.05, 0) is 25.0 Å². The predicted molar refractivity (Wildman–Crippen MR) is 77.3 cm³/mol. The molecule has 0 radical (unpaired) electrons. The maximum Gasteiger partial charge on any atom is 0.257 e. The van der Waals surface area contributed by atoms with Crippen molar-refractivity contribution >= 4 is 11.6 Å². The lowest BCUT2D eigenvalue weighted by atomic mass is 9.86. The van der Waals surface area contributed by atoms with Crippen LogP contribution in [-0.4, -0.2) is 30.3 Å². The number of aliphatic hydroxyl groups excluding tert-OH is 1. The first-order valence-electron chi connectivity index (χ1n) is 7.09. The minimum Gasteiger partial charge on any atom is -0.482 e. The highest BCUT2D eigenvalue weighted by Gasteiger charge is 2.23. The fraction of sp³-hybridized carbons (Fsp3) is 0.533. The number of hydrogen-bond acceptors (Lipinski definition) is 4. The van der Waals surface area contributed by atoms with Gasteiger partial charge in [0.25, 0.3) is 5.91 Å². The average molecular weight is 278 g/mol. The van der Waals surface area contributed by atoms with Crippen molar-refractivity contribution < 1.29 is 14.6 Å². The van der Waals surface area contributed by atoms with E-state index in [2.05, 4.69) is 5.32 Å². The van der Waals surface area contributed by atoms with Crippen molar-refractivity contribution in [2.75, 3.05) is 18.9 Å². The second-order valence-corrected chi connectivity index (χ2v) is 5.24. The highest BCUT2D eigenvalue weighted by atomic mass is 16.5. The Morgan fingerprint density at radius 3 is 2.85 bits per heavy atom. The molecule has 0 aliphatic heterocycles. The van der Waals surface area contributed by atoms with E-state index in [1.54, 1.807) is 12.1 Å². The number of carbonyl (C=O) groups is 1. The van der Waals surface area contributed by atoms with E-state index in [4.69, 9.17) is 10.5 Å². The molecule has 1 saturated carbocycles. The van der Waals surface area contributed by atoms with Gasteiger partial charge in [-0.2, -0.15) is 0 Å². The molecule has 1 aromatic carbocycles. The largest absolute Gasteiger partial charge is 0.482 e. The minimum atomic E-state index is -0.297. The third-order valence-electron chi connectivity index (χ3n) is 3.71. The first kappa shape index (κ1) is 14.7. The van der Waals surface area contributed by atoms with Gasteiger partial charge < -0.3 is 20.9 Å². The van der Waals surface area contributed by atoms with Crippen LogP contribution in [0.1, 0.15) is 25.7 Å². The number of carbonyl (C=O) groups excluding carboxylic acids is 1. The molecule has 0 spiro atoms. The Morgan fingerprint density at radius 1 is 1.35 bits per heavy atom. The average Bonchev–Trinajstić information content (AvgIpc) is 2.45. The van der Waals surface area contributed by atoms with Crippen molar-refractivity contribution in [3.8, 4) is 5.75 Å². The van der Waals surface area contributed by atoms with Crippen LogP contribution in [-0.2, 0) is 4.79 Å². The molecule has 2 unspecified atom stereocenters. The molecule has 1 aliphatic rings. The first-order chi connectivity index (χ1) is 9.66. The van der Waals surface area contributed by atoms with Gasteiger partial charge >= 0.3 is 0 Å². The van der Waals surface area contributed by atoms with E-state index in [1.165, 1.54) is 0 Å². The molecule has 1 fully saturated rings. The zero-order valence-electron chi connectivity index (χ0n) is 11.5. The van der Waals surface area contributed by atoms with E-state index in [0.29, 0.717) is 18.0 Å². The van der Waals surface area contributed by atoms with Crippen LogP contribution in [0.15, 0.2) is 24.3 Å². The maximum absolute atomic E-state index is 11.7.